The molecule has 0 spiro atoms. The molecule has 208 valence electrons. The van der Waals surface area contributed by atoms with Crippen molar-refractivity contribution in [3.63, 3.8) is 0 Å². The normalized spacial score (nSPS) is 17.8. The number of rotatable bonds is 6. The van der Waals surface area contributed by atoms with Gasteiger partial charge in [0.15, 0.2) is 0 Å². The van der Waals surface area contributed by atoms with Crippen molar-refractivity contribution < 1.29 is 19.3 Å². The van der Waals surface area contributed by atoms with Crippen molar-refractivity contribution in [3.8, 4) is 23.0 Å². The smallest absolute Gasteiger partial charge is 0.240 e. The van der Waals surface area contributed by atoms with Crippen molar-refractivity contribution in [3.05, 3.63) is 41.4 Å². The van der Waals surface area contributed by atoms with E-state index in [9.17, 15) is 5.11 Å². The molecule has 12 nitrogen and oxygen atoms in total. The van der Waals surface area contributed by atoms with Gasteiger partial charge in [-0.05, 0) is 40.0 Å². The molecular weight excluding hydrogens is 500 g/mol. The lowest BCUT2D eigenvalue weighted by Gasteiger charge is -2.23. The maximum atomic E-state index is 10.2. The van der Waals surface area contributed by atoms with E-state index in [1.165, 1.54) is 0 Å². The van der Waals surface area contributed by atoms with E-state index >= 15 is 0 Å². The molecule has 39 heavy (non-hydrogen) atoms. The van der Waals surface area contributed by atoms with Gasteiger partial charge < -0.3 is 19.3 Å². The fourth-order valence-corrected chi connectivity index (χ4v) is 4.97. The largest absolute Gasteiger partial charge is 0.476 e. The van der Waals surface area contributed by atoms with Gasteiger partial charge in [0.25, 0.3) is 0 Å². The summed E-state index contributed by atoms with van der Waals surface area (Å²) in [5, 5.41) is 19.6. The number of hydrogen-bond acceptors (Lipinski definition) is 9. The molecule has 5 rings (SSSR count). The number of hydrogen-bond donors (Lipinski definition) is 1. The quantitative estimate of drug-likeness (QED) is 0.397. The maximum absolute atomic E-state index is 10.2. The van der Waals surface area contributed by atoms with Gasteiger partial charge in [0.05, 0.1) is 66.3 Å². The predicted octanol–water partition coefficient (Wildman–Crippen LogP) is 2.64. The summed E-state index contributed by atoms with van der Waals surface area (Å²) in [5.41, 5.74) is 4.90. The number of aromatic nitrogens is 7. The van der Waals surface area contributed by atoms with Crippen molar-refractivity contribution in [2.24, 2.45) is 7.05 Å². The van der Waals surface area contributed by atoms with E-state index in [0.717, 1.165) is 33.9 Å². The van der Waals surface area contributed by atoms with Crippen LogP contribution in [0.15, 0.2) is 18.6 Å². The summed E-state index contributed by atoms with van der Waals surface area (Å²) >= 11 is 0. The lowest BCUT2D eigenvalue weighted by Crippen LogP contribution is -2.32. The van der Waals surface area contributed by atoms with Gasteiger partial charge in [-0.2, -0.15) is 5.10 Å². The summed E-state index contributed by atoms with van der Waals surface area (Å²) in [7, 11) is 5.55. The van der Waals surface area contributed by atoms with Crippen LogP contribution in [0.5, 0.6) is 11.8 Å². The van der Waals surface area contributed by atoms with Crippen LogP contribution < -0.4 is 9.47 Å². The molecule has 4 aromatic heterocycles. The predicted molar refractivity (Wildman–Crippen MR) is 146 cm³/mol. The second-order valence-corrected chi connectivity index (χ2v) is 9.96. The van der Waals surface area contributed by atoms with Gasteiger partial charge in [-0.3, -0.25) is 19.0 Å². The van der Waals surface area contributed by atoms with Crippen LogP contribution in [0.2, 0.25) is 0 Å². The molecule has 0 amide bonds. The van der Waals surface area contributed by atoms with Crippen molar-refractivity contribution in [2.45, 2.75) is 52.7 Å². The van der Waals surface area contributed by atoms with Gasteiger partial charge in [0, 0.05) is 33.4 Å². The van der Waals surface area contributed by atoms with E-state index in [-0.39, 0.29) is 6.10 Å². The molecule has 12 heteroatoms. The third-order valence-electron chi connectivity index (χ3n) is 6.53. The van der Waals surface area contributed by atoms with Crippen LogP contribution >= 0.6 is 0 Å². The van der Waals surface area contributed by atoms with Crippen LogP contribution in [-0.4, -0.2) is 83.5 Å². The summed E-state index contributed by atoms with van der Waals surface area (Å²) in [5.74, 6) is 1.87. The van der Waals surface area contributed by atoms with Gasteiger partial charge >= 0.3 is 0 Å². The molecular formula is C27H36N8O4. The highest BCUT2D eigenvalue weighted by molar-refractivity contribution is 5.74. The summed E-state index contributed by atoms with van der Waals surface area (Å²) < 4.78 is 23.4. The average molecular weight is 537 g/mol. The zero-order valence-electron chi connectivity index (χ0n) is 23.3. The Balaban J connectivity index is 1.70. The lowest BCUT2D eigenvalue weighted by molar-refractivity contribution is 0.142. The monoisotopic (exact) mass is 536 g/mol. The number of aliphatic hydroxyl groups is 1. The van der Waals surface area contributed by atoms with Crippen molar-refractivity contribution in [1.82, 2.24) is 38.8 Å². The van der Waals surface area contributed by atoms with E-state index in [1.54, 1.807) is 31.1 Å². The van der Waals surface area contributed by atoms with Crippen LogP contribution in [0.25, 0.3) is 28.9 Å². The third kappa shape index (κ3) is 5.40. The molecule has 0 saturated heterocycles. The number of aryl methyl sites for hydroxylation is 1. The molecule has 1 aliphatic rings. The zero-order valence-corrected chi connectivity index (χ0v) is 23.3. The van der Waals surface area contributed by atoms with Gasteiger partial charge in [0.1, 0.15) is 17.6 Å². The highest BCUT2D eigenvalue weighted by Crippen LogP contribution is 2.34. The molecule has 1 aliphatic heterocycles. The standard InChI is InChI=1S/C27H36N8O4/c1-7-38-26-20-8-9-24-29-11-19-10-28-21(14-34(19)24)25-22(16-37-6)30-33(5)27(25)39-18(3)13-32(4)15-23(20)35(31-26)12-17(2)36/h8-11,14,17-18,36H,7,12-13,15-16H2,1-6H3/b9-8+/t17-,18+/m1/s1. The van der Waals surface area contributed by atoms with E-state index in [2.05, 4.69) is 15.0 Å². The van der Waals surface area contributed by atoms with Crippen LogP contribution in [0.4, 0.5) is 0 Å². The molecule has 0 aromatic carbocycles. The maximum Gasteiger partial charge on any atom is 0.240 e. The van der Waals surface area contributed by atoms with Gasteiger partial charge in [-0.25, -0.2) is 9.67 Å². The molecule has 1 N–H and O–H groups in total. The van der Waals surface area contributed by atoms with Gasteiger partial charge in [0.2, 0.25) is 11.8 Å². The highest BCUT2D eigenvalue weighted by Gasteiger charge is 2.25. The molecule has 4 aromatic rings. The SMILES string of the molecule is CCOc1nn(C[C@@H](C)O)c2c1/C=C/c1ncc3cnc(cn13)-c1c(COC)nn(C)c1O[C@@H](C)CN(C)C2. The summed E-state index contributed by atoms with van der Waals surface area (Å²) in [6.45, 7) is 8.07. The Bertz CT molecular complexity index is 1480. The summed E-state index contributed by atoms with van der Waals surface area (Å²) in [6.07, 6.45) is 8.72. The first-order chi connectivity index (χ1) is 18.8. The minimum absolute atomic E-state index is 0.171. The van der Waals surface area contributed by atoms with E-state index < -0.39 is 6.10 Å². The Hall–Kier alpha value is -3.74. The molecule has 0 fully saturated rings. The molecule has 2 atom stereocenters. The molecule has 2 bridgehead atoms. The second kappa shape index (κ2) is 11.2. The number of nitrogens with zero attached hydrogens (tertiary/aromatic N) is 8. The first kappa shape index (κ1) is 26.9. The topological polar surface area (TPSA) is 117 Å². The second-order valence-electron chi connectivity index (χ2n) is 9.96. The third-order valence-corrected chi connectivity index (χ3v) is 6.53. The zero-order chi connectivity index (χ0) is 27.7. The lowest BCUT2D eigenvalue weighted by atomic mass is 10.2. The molecule has 0 unspecified atom stereocenters. The van der Waals surface area contributed by atoms with E-state index in [0.29, 0.717) is 50.3 Å². The molecule has 0 aliphatic carbocycles. The summed E-state index contributed by atoms with van der Waals surface area (Å²) in [6, 6.07) is 0. The Morgan fingerprint density at radius 3 is 2.72 bits per heavy atom. The Kier molecular flexibility index (Phi) is 7.69. The highest BCUT2D eigenvalue weighted by atomic mass is 16.5. The number of methoxy groups -OCH3 is 1. The van der Waals surface area contributed by atoms with Crippen molar-refractivity contribution in [2.75, 3.05) is 27.3 Å². The first-order valence-electron chi connectivity index (χ1n) is 13.1. The number of aliphatic hydroxyl groups excluding tert-OH is 1. The number of fused-ring (bicyclic) bond motifs is 4. The van der Waals surface area contributed by atoms with E-state index in [4.69, 9.17) is 24.3 Å². The van der Waals surface area contributed by atoms with Crippen LogP contribution in [-0.2, 0) is 31.5 Å². The van der Waals surface area contributed by atoms with Crippen molar-refractivity contribution >= 4 is 17.7 Å². The Morgan fingerprint density at radius 2 is 1.97 bits per heavy atom. The van der Waals surface area contributed by atoms with Gasteiger partial charge in [-0.15, -0.1) is 5.10 Å². The van der Waals surface area contributed by atoms with Gasteiger partial charge in [-0.1, -0.05) is 0 Å². The van der Waals surface area contributed by atoms with Crippen LogP contribution in [0.1, 0.15) is 43.5 Å². The first-order valence-corrected chi connectivity index (χ1v) is 13.1. The fraction of sp³-hybridized carbons (Fsp3) is 0.481. The number of ether oxygens (including phenoxy) is 3. The molecule has 5 heterocycles. The number of imidazole rings is 1. The van der Waals surface area contributed by atoms with Crippen LogP contribution in [0.3, 0.4) is 0 Å². The average Bonchev–Trinajstić information content (AvgIpc) is 3.51. The van der Waals surface area contributed by atoms with E-state index in [1.807, 2.05) is 55.4 Å². The number of likely N-dealkylation sites (N-methyl/N-ethyl adjacent to an activating group) is 1. The summed E-state index contributed by atoms with van der Waals surface area (Å²) in [4.78, 5) is 11.5. The Labute approximate surface area is 227 Å². The Morgan fingerprint density at radius 1 is 1.18 bits per heavy atom. The van der Waals surface area contributed by atoms with Crippen LogP contribution in [0, 0.1) is 0 Å². The minimum Gasteiger partial charge on any atom is -0.476 e. The molecule has 0 saturated carbocycles. The molecule has 0 radical (unpaired) electrons. The van der Waals surface area contributed by atoms with Crippen molar-refractivity contribution in [1.29, 1.82) is 0 Å². The fourth-order valence-electron chi connectivity index (χ4n) is 4.97. The minimum atomic E-state index is -0.566.